The van der Waals surface area contributed by atoms with Gasteiger partial charge in [0.1, 0.15) is 5.75 Å². The van der Waals surface area contributed by atoms with Crippen molar-refractivity contribution in [2.24, 2.45) is 5.73 Å². The minimum absolute atomic E-state index is 0.0445. The highest BCUT2D eigenvalue weighted by atomic mass is 79.9. The van der Waals surface area contributed by atoms with Crippen molar-refractivity contribution in [1.29, 1.82) is 0 Å². The molecule has 20 heavy (non-hydrogen) atoms. The third-order valence-electron chi connectivity index (χ3n) is 3.14. The van der Waals surface area contributed by atoms with E-state index in [-0.39, 0.29) is 6.04 Å². The van der Waals surface area contributed by atoms with Crippen LogP contribution in [0.5, 0.6) is 5.75 Å². The zero-order valence-corrected chi connectivity index (χ0v) is 13.3. The van der Waals surface area contributed by atoms with E-state index >= 15 is 0 Å². The van der Waals surface area contributed by atoms with Crippen LogP contribution >= 0.6 is 15.9 Å². The van der Waals surface area contributed by atoms with Gasteiger partial charge in [-0.25, -0.2) is 0 Å². The van der Waals surface area contributed by atoms with E-state index in [1.807, 2.05) is 36.4 Å². The van der Waals surface area contributed by atoms with E-state index < -0.39 is 0 Å². The SMILES string of the molecule is CCCOc1ccc(Br)c(C(N)Cc2ccccc2)c1. The molecule has 0 radical (unpaired) electrons. The highest BCUT2D eigenvalue weighted by Crippen LogP contribution is 2.28. The summed E-state index contributed by atoms with van der Waals surface area (Å²) in [6, 6.07) is 16.3. The summed E-state index contributed by atoms with van der Waals surface area (Å²) < 4.78 is 6.71. The zero-order chi connectivity index (χ0) is 14.4. The molecule has 0 bridgehead atoms. The second-order valence-corrected chi connectivity index (χ2v) is 5.68. The number of hydrogen-bond donors (Lipinski definition) is 1. The van der Waals surface area contributed by atoms with Gasteiger partial charge in [0.15, 0.2) is 0 Å². The van der Waals surface area contributed by atoms with Crippen LogP contribution in [0.15, 0.2) is 53.0 Å². The molecule has 0 spiro atoms. The van der Waals surface area contributed by atoms with Crippen LogP contribution in [0.3, 0.4) is 0 Å². The van der Waals surface area contributed by atoms with Gasteiger partial charge in [0.2, 0.25) is 0 Å². The number of hydrogen-bond acceptors (Lipinski definition) is 2. The molecule has 2 aromatic rings. The van der Waals surface area contributed by atoms with Crippen molar-refractivity contribution in [2.45, 2.75) is 25.8 Å². The maximum atomic E-state index is 6.34. The van der Waals surface area contributed by atoms with Crippen molar-refractivity contribution in [3.05, 3.63) is 64.1 Å². The Balaban J connectivity index is 2.13. The van der Waals surface area contributed by atoms with Gasteiger partial charge in [-0.2, -0.15) is 0 Å². The minimum atomic E-state index is -0.0445. The lowest BCUT2D eigenvalue weighted by molar-refractivity contribution is 0.317. The first-order valence-electron chi connectivity index (χ1n) is 6.92. The predicted octanol–water partition coefficient (Wildman–Crippen LogP) is 4.48. The van der Waals surface area contributed by atoms with Gasteiger partial charge in [-0.05, 0) is 42.2 Å². The second-order valence-electron chi connectivity index (χ2n) is 4.83. The minimum Gasteiger partial charge on any atom is -0.494 e. The molecule has 0 aromatic heterocycles. The van der Waals surface area contributed by atoms with Crippen LogP contribution in [0.1, 0.15) is 30.5 Å². The summed E-state index contributed by atoms with van der Waals surface area (Å²) in [5.74, 6) is 0.883. The average molecular weight is 334 g/mol. The first-order valence-corrected chi connectivity index (χ1v) is 7.71. The molecule has 0 fully saturated rings. The van der Waals surface area contributed by atoms with Gasteiger partial charge in [0, 0.05) is 10.5 Å². The smallest absolute Gasteiger partial charge is 0.119 e. The Kier molecular flexibility index (Phi) is 5.62. The number of halogens is 1. The lowest BCUT2D eigenvalue weighted by atomic mass is 9.99. The van der Waals surface area contributed by atoms with Crippen LogP contribution in [-0.4, -0.2) is 6.61 Å². The standard InChI is InChI=1S/C17H20BrNO/c1-2-10-20-14-8-9-16(18)15(12-14)17(19)11-13-6-4-3-5-7-13/h3-9,12,17H,2,10-11,19H2,1H3. The first-order chi connectivity index (χ1) is 9.70. The van der Waals surface area contributed by atoms with E-state index in [0.29, 0.717) is 0 Å². The molecule has 2 N–H and O–H groups in total. The summed E-state index contributed by atoms with van der Waals surface area (Å²) >= 11 is 3.58. The number of nitrogens with two attached hydrogens (primary N) is 1. The van der Waals surface area contributed by atoms with Crippen molar-refractivity contribution < 1.29 is 4.74 Å². The van der Waals surface area contributed by atoms with E-state index in [9.17, 15) is 0 Å². The molecule has 2 rings (SSSR count). The van der Waals surface area contributed by atoms with Crippen molar-refractivity contribution in [3.8, 4) is 5.75 Å². The van der Waals surface area contributed by atoms with Crippen LogP contribution in [0.4, 0.5) is 0 Å². The fourth-order valence-electron chi connectivity index (χ4n) is 2.09. The topological polar surface area (TPSA) is 35.2 Å². The summed E-state index contributed by atoms with van der Waals surface area (Å²) in [4.78, 5) is 0. The van der Waals surface area contributed by atoms with Crippen LogP contribution < -0.4 is 10.5 Å². The predicted molar refractivity (Wildman–Crippen MR) is 87.0 cm³/mol. The van der Waals surface area contributed by atoms with Crippen LogP contribution in [0.25, 0.3) is 0 Å². The van der Waals surface area contributed by atoms with E-state index in [2.05, 4.69) is 35.0 Å². The van der Waals surface area contributed by atoms with E-state index in [1.54, 1.807) is 0 Å². The maximum absolute atomic E-state index is 6.34. The van der Waals surface area contributed by atoms with Crippen LogP contribution in [0, 0.1) is 0 Å². The molecular formula is C17H20BrNO. The fourth-order valence-corrected chi connectivity index (χ4v) is 2.63. The Morgan fingerprint density at radius 2 is 1.90 bits per heavy atom. The number of benzene rings is 2. The van der Waals surface area contributed by atoms with E-state index in [0.717, 1.165) is 35.2 Å². The molecule has 0 aliphatic rings. The molecule has 0 saturated heterocycles. The fraction of sp³-hybridized carbons (Fsp3) is 0.294. The molecule has 106 valence electrons. The highest BCUT2D eigenvalue weighted by Gasteiger charge is 2.12. The van der Waals surface area contributed by atoms with Crippen molar-refractivity contribution >= 4 is 15.9 Å². The Bertz CT molecular complexity index is 542. The van der Waals surface area contributed by atoms with Gasteiger partial charge in [-0.1, -0.05) is 53.2 Å². The van der Waals surface area contributed by atoms with Gasteiger partial charge in [0.05, 0.1) is 6.61 Å². The quantitative estimate of drug-likeness (QED) is 0.845. The lowest BCUT2D eigenvalue weighted by Crippen LogP contribution is -2.14. The second kappa shape index (κ2) is 7.46. The normalized spacial score (nSPS) is 12.2. The van der Waals surface area contributed by atoms with Crippen LogP contribution in [0.2, 0.25) is 0 Å². The third kappa shape index (κ3) is 4.09. The molecule has 0 aliphatic carbocycles. The molecule has 0 saturated carbocycles. The Morgan fingerprint density at radius 3 is 2.60 bits per heavy atom. The van der Waals surface area contributed by atoms with Gasteiger partial charge in [0.25, 0.3) is 0 Å². The van der Waals surface area contributed by atoms with E-state index in [1.165, 1.54) is 5.56 Å². The Hall–Kier alpha value is -1.32. The van der Waals surface area contributed by atoms with Crippen molar-refractivity contribution in [3.63, 3.8) is 0 Å². The largest absolute Gasteiger partial charge is 0.494 e. The summed E-state index contributed by atoms with van der Waals surface area (Å²) in [6.45, 7) is 2.83. The number of rotatable bonds is 6. The van der Waals surface area contributed by atoms with Gasteiger partial charge in [-0.15, -0.1) is 0 Å². The molecule has 2 aromatic carbocycles. The summed E-state index contributed by atoms with van der Waals surface area (Å²) in [5, 5.41) is 0. The molecule has 0 aliphatic heterocycles. The molecule has 0 heterocycles. The molecule has 2 nitrogen and oxygen atoms in total. The number of ether oxygens (including phenoxy) is 1. The summed E-state index contributed by atoms with van der Waals surface area (Å²) in [7, 11) is 0. The third-order valence-corrected chi connectivity index (χ3v) is 3.86. The van der Waals surface area contributed by atoms with E-state index in [4.69, 9.17) is 10.5 Å². The van der Waals surface area contributed by atoms with Crippen LogP contribution in [-0.2, 0) is 6.42 Å². The van der Waals surface area contributed by atoms with Crippen molar-refractivity contribution in [1.82, 2.24) is 0 Å². The monoisotopic (exact) mass is 333 g/mol. The zero-order valence-electron chi connectivity index (χ0n) is 11.7. The molecule has 1 atom stereocenters. The Morgan fingerprint density at radius 1 is 1.15 bits per heavy atom. The molecule has 3 heteroatoms. The maximum Gasteiger partial charge on any atom is 0.119 e. The van der Waals surface area contributed by atoms with Gasteiger partial charge < -0.3 is 10.5 Å². The summed E-state index contributed by atoms with van der Waals surface area (Å²) in [6.07, 6.45) is 1.82. The average Bonchev–Trinajstić information content (AvgIpc) is 2.47. The molecular weight excluding hydrogens is 314 g/mol. The Labute approximate surface area is 129 Å². The first kappa shape index (κ1) is 15.1. The highest BCUT2D eigenvalue weighted by molar-refractivity contribution is 9.10. The molecule has 1 unspecified atom stereocenters. The lowest BCUT2D eigenvalue weighted by Gasteiger charge is -2.16. The van der Waals surface area contributed by atoms with Crippen molar-refractivity contribution in [2.75, 3.05) is 6.61 Å². The molecule has 0 amide bonds. The van der Waals surface area contributed by atoms with Gasteiger partial charge in [-0.3, -0.25) is 0 Å². The van der Waals surface area contributed by atoms with Gasteiger partial charge >= 0.3 is 0 Å². The summed E-state index contributed by atoms with van der Waals surface area (Å²) in [5.41, 5.74) is 8.67.